The van der Waals surface area contributed by atoms with E-state index in [2.05, 4.69) is 0 Å². The van der Waals surface area contributed by atoms with Gasteiger partial charge >= 0.3 is 0 Å². The molecular weight excluding hydrogens is 339 g/mol. The Kier molecular flexibility index (Phi) is 8.14. The van der Waals surface area contributed by atoms with Gasteiger partial charge in [-0.1, -0.05) is 54.6 Å². The smallest absolute Gasteiger partial charge is 0.115 e. The van der Waals surface area contributed by atoms with Gasteiger partial charge in [0.05, 0.1) is 0 Å². The van der Waals surface area contributed by atoms with Crippen LogP contribution in [0.1, 0.15) is 0 Å². The average molecular weight is 351 g/mol. The number of aromatic hydroxyl groups is 1. The van der Waals surface area contributed by atoms with Crippen molar-refractivity contribution < 1.29 is 30.9 Å². The standard InChI is InChI=1S/C6H6O.C6H6.Hf/c7-6-4-2-1-3-5-6;1-2-4-6-5-3-1;/h1-5,7H;1-6H;. The third kappa shape index (κ3) is 6.61. The molecule has 0 saturated carbocycles. The van der Waals surface area contributed by atoms with Gasteiger partial charge in [-0.05, 0) is 12.1 Å². The molecular formula is C12H12HfO. The van der Waals surface area contributed by atoms with Crippen LogP contribution < -0.4 is 0 Å². The van der Waals surface area contributed by atoms with Crippen LogP contribution in [0.2, 0.25) is 0 Å². The molecule has 0 unspecified atom stereocenters. The van der Waals surface area contributed by atoms with Gasteiger partial charge in [-0.3, -0.25) is 0 Å². The van der Waals surface area contributed by atoms with Crippen molar-refractivity contribution in [3.05, 3.63) is 66.7 Å². The summed E-state index contributed by atoms with van der Waals surface area (Å²) in [5.74, 6) is 0.322. The van der Waals surface area contributed by atoms with Crippen molar-refractivity contribution in [3.63, 3.8) is 0 Å². The van der Waals surface area contributed by atoms with Crippen molar-refractivity contribution in [2.45, 2.75) is 0 Å². The third-order valence-electron chi connectivity index (χ3n) is 1.42. The molecule has 0 atom stereocenters. The van der Waals surface area contributed by atoms with E-state index < -0.39 is 0 Å². The molecule has 0 bridgehead atoms. The van der Waals surface area contributed by atoms with E-state index in [9.17, 15) is 0 Å². The van der Waals surface area contributed by atoms with Gasteiger partial charge in [-0.15, -0.1) is 0 Å². The van der Waals surface area contributed by atoms with Gasteiger partial charge in [0.25, 0.3) is 0 Å². The van der Waals surface area contributed by atoms with E-state index in [1.165, 1.54) is 0 Å². The molecule has 0 heterocycles. The van der Waals surface area contributed by atoms with Crippen molar-refractivity contribution in [3.8, 4) is 5.75 Å². The van der Waals surface area contributed by atoms with Crippen LogP contribution in [0.25, 0.3) is 0 Å². The molecule has 0 aliphatic carbocycles. The Bertz CT molecular complexity index is 281. The minimum absolute atomic E-state index is 0. The number of benzene rings is 2. The SMILES string of the molecule is Oc1ccccc1.[Hf].c1ccccc1. The Morgan fingerprint density at radius 3 is 1.07 bits per heavy atom. The van der Waals surface area contributed by atoms with Gasteiger partial charge < -0.3 is 5.11 Å². The Labute approximate surface area is 103 Å². The molecule has 2 aromatic carbocycles. The number of para-hydroxylation sites is 1. The second-order valence-corrected chi connectivity index (χ2v) is 2.49. The maximum absolute atomic E-state index is 8.63. The third-order valence-corrected chi connectivity index (χ3v) is 1.42. The summed E-state index contributed by atoms with van der Waals surface area (Å²) in [5, 5.41) is 8.63. The molecule has 0 aliphatic heterocycles. The van der Waals surface area contributed by atoms with E-state index in [1.54, 1.807) is 24.3 Å². The molecule has 1 N–H and O–H groups in total. The first-order valence-electron chi connectivity index (χ1n) is 4.13. The fraction of sp³-hybridized carbons (Fsp3) is 0. The van der Waals surface area contributed by atoms with Crippen LogP contribution in [0.5, 0.6) is 5.75 Å². The van der Waals surface area contributed by atoms with E-state index in [-0.39, 0.29) is 25.8 Å². The van der Waals surface area contributed by atoms with Gasteiger partial charge in [-0.2, -0.15) is 0 Å². The summed E-state index contributed by atoms with van der Waals surface area (Å²) in [6, 6.07) is 20.7. The summed E-state index contributed by atoms with van der Waals surface area (Å²) in [4.78, 5) is 0. The summed E-state index contributed by atoms with van der Waals surface area (Å²) in [7, 11) is 0. The number of hydrogen-bond donors (Lipinski definition) is 1. The summed E-state index contributed by atoms with van der Waals surface area (Å²) >= 11 is 0. The maximum atomic E-state index is 8.63. The van der Waals surface area contributed by atoms with E-state index in [0.717, 1.165) is 0 Å². The normalized spacial score (nSPS) is 7.71. The van der Waals surface area contributed by atoms with Crippen LogP contribution in [-0.2, 0) is 25.8 Å². The van der Waals surface area contributed by atoms with Gasteiger partial charge in [-0.25, -0.2) is 0 Å². The molecule has 14 heavy (non-hydrogen) atoms. The van der Waals surface area contributed by atoms with E-state index >= 15 is 0 Å². The van der Waals surface area contributed by atoms with Gasteiger partial charge in [0.2, 0.25) is 0 Å². The van der Waals surface area contributed by atoms with E-state index in [1.807, 2.05) is 42.5 Å². The first kappa shape index (κ1) is 13.1. The second-order valence-electron chi connectivity index (χ2n) is 2.49. The number of phenolic OH excluding ortho intramolecular Hbond substituents is 1. The molecule has 0 spiro atoms. The Hall–Kier alpha value is -0.890. The zero-order chi connectivity index (χ0) is 9.36. The molecule has 2 heteroatoms. The van der Waals surface area contributed by atoms with Crippen LogP contribution in [0.4, 0.5) is 0 Å². The zero-order valence-electron chi connectivity index (χ0n) is 7.80. The topological polar surface area (TPSA) is 20.2 Å². The first-order valence-corrected chi connectivity index (χ1v) is 4.13. The monoisotopic (exact) mass is 352 g/mol. The minimum atomic E-state index is 0. The number of phenols is 1. The van der Waals surface area contributed by atoms with Crippen molar-refractivity contribution in [2.24, 2.45) is 0 Å². The Morgan fingerprint density at radius 2 is 0.857 bits per heavy atom. The molecule has 0 saturated heterocycles. The van der Waals surface area contributed by atoms with E-state index in [4.69, 9.17) is 5.11 Å². The predicted octanol–water partition coefficient (Wildman–Crippen LogP) is 3.08. The fourth-order valence-electron chi connectivity index (χ4n) is 0.813. The average Bonchev–Trinajstić information content (AvgIpc) is 2.22. The number of rotatable bonds is 0. The second kappa shape index (κ2) is 8.70. The molecule has 0 aromatic heterocycles. The summed E-state index contributed by atoms with van der Waals surface area (Å²) < 4.78 is 0. The van der Waals surface area contributed by atoms with Crippen molar-refractivity contribution >= 4 is 0 Å². The van der Waals surface area contributed by atoms with Crippen LogP contribution >= 0.6 is 0 Å². The summed E-state index contributed by atoms with van der Waals surface area (Å²) in [5.41, 5.74) is 0. The van der Waals surface area contributed by atoms with Crippen LogP contribution in [0, 0.1) is 0 Å². The van der Waals surface area contributed by atoms with Crippen LogP contribution in [-0.4, -0.2) is 5.11 Å². The zero-order valence-corrected chi connectivity index (χ0v) is 11.4. The summed E-state index contributed by atoms with van der Waals surface area (Å²) in [6.07, 6.45) is 0. The quantitative estimate of drug-likeness (QED) is 0.724. The predicted molar refractivity (Wildman–Crippen MR) is 54.5 cm³/mol. The van der Waals surface area contributed by atoms with Crippen LogP contribution in [0.3, 0.4) is 0 Å². The first-order chi connectivity index (χ1) is 6.39. The largest absolute Gasteiger partial charge is 0.508 e. The minimum Gasteiger partial charge on any atom is -0.508 e. The fourth-order valence-corrected chi connectivity index (χ4v) is 0.813. The van der Waals surface area contributed by atoms with Crippen LogP contribution in [0.15, 0.2) is 66.7 Å². The molecule has 1 nitrogen and oxygen atoms in total. The van der Waals surface area contributed by atoms with Gasteiger partial charge in [0.1, 0.15) is 5.75 Å². The maximum Gasteiger partial charge on any atom is 0.115 e. The molecule has 70 valence electrons. The van der Waals surface area contributed by atoms with Gasteiger partial charge in [0.15, 0.2) is 0 Å². The molecule has 2 rings (SSSR count). The Balaban J connectivity index is 0.000000227. The van der Waals surface area contributed by atoms with E-state index in [0.29, 0.717) is 5.75 Å². The van der Waals surface area contributed by atoms with Gasteiger partial charge in [0, 0.05) is 25.8 Å². The molecule has 0 amide bonds. The molecule has 2 aromatic rings. The van der Waals surface area contributed by atoms with Crippen molar-refractivity contribution in [1.82, 2.24) is 0 Å². The Morgan fingerprint density at radius 1 is 0.571 bits per heavy atom. The summed E-state index contributed by atoms with van der Waals surface area (Å²) in [6.45, 7) is 0. The molecule has 0 fully saturated rings. The number of hydrogen-bond acceptors (Lipinski definition) is 1. The molecule has 0 aliphatic rings. The van der Waals surface area contributed by atoms with Crippen molar-refractivity contribution in [2.75, 3.05) is 0 Å². The molecule has 0 radical (unpaired) electrons. The van der Waals surface area contributed by atoms with Crippen molar-refractivity contribution in [1.29, 1.82) is 0 Å².